The Labute approximate surface area is 215 Å². The highest BCUT2D eigenvalue weighted by Crippen LogP contribution is 2.17. The number of amides is 3. The van der Waals surface area contributed by atoms with Crippen LogP contribution in [0.3, 0.4) is 0 Å². The normalized spacial score (nSPS) is 10.5. The fourth-order valence-electron chi connectivity index (χ4n) is 3.08. The molecule has 0 spiro atoms. The molecule has 0 heterocycles. The number of carbonyl (C=O) groups excluding carboxylic acids is 3. The molecule has 3 N–H and O–H groups in total. The van der Waals surface area contributed by atoms with Crippen molar-refractivity contribution >= 4 is 29.6 Å². The van der Waals surface area contributed by atoms with Gasteiger partial charge in [0.2, 0.25) is 0 Å². The Morgan fingerprint density at radius 3 is 2.35 bits per heavy atom. The molecule has 0 bridgehead atoms. The monoisotopic (exact) mass is 502 g/mol. The summed E-state index contributed by atoms with van der Waals surface area (Å²) in [6.07, 6.45) is 3.33. The van der Waals surface area contributed by atoms with E-state index in [2.05, 4.69) is 28.1 Å². The number of carbonyl (C=O) groups is 3. The molecule has 3 rings (SSSR count). The van der Waals surface area contributed by atoms with E-state index < -0.39 is 11.8 Å². The molecule has 0 aliphatic carbocycles. The molecule has 37 heavy (non-hydrogen) atoms. The van der Waals surface area contributed by atoms with Gasteiger partial charge < -0.3 is 20.1 Å². The Morgan fingerprint density at radius 2 is 1.59 bits per heavy atom. The zero-order valence-corrected chi connectivity index (χ0v) is 20.6. The van der Waals surface area contributed by atoms with Crippen molar-refractivity contribution < 1.29 is 23.9 Å². The lowest BCUT2D eigenvalue weighted by Crippen LogP contribution is -2.32. The highest BCUT2D eigenvalue weighted by atomic mass is 16.5. The third kappa shape index (κ3) is 9.48. The SMILES string of the molecule is CCCCOc1ccc(NC(=O)C(=O)N/N=C\c2ccccc2OCC(=O)NCc2ccccc2)cc1. The third-order valence-corrected chi connectivity index (χ3v) is 5.07. The van der Waals surface area contributed by atoms with Crippen molar-refractivity contribution in [1.29, 1.82) is 0 Å². The second-order valence-corrected chi connectivity index (χ2v) is 7.97. The summed E-state index contributed by atoms with van der Waals surface area (Å²) in [6.45, 7) is 2.92. The van der Waals surface area contributed by atoms with Crippen molar-refractivity contribution in [3.8, 4) is 11.5 Å². The lowest BCUT2D eigenvalue weighted by atomic mass is 10.2. The minimum atomic E-state index is -0.932. The van der Waals surface area contributed by atoms with Gasteiger partial charge in [-0.25, -0.2) is 5.43 Å². The molecular formula is C28H30N4O5. The van der Waals surface area contributed by atoms with Crippen LogP contribution >= 0.6 is 0 Å². The molecule has 0 aliphatic rings. The first-order valence-corrected chi connectivity index (χ1v) is 11.9. The van der Waals surface area contributed by atoms with E-state index in [1.165, 1.54) is 6.21 Å². The van der Waals surface area contributed by atoms with Gasteiger partial charge in [-0.1, -0.05) is 55.8 Å². The molecule has 0 unspecified atom stereocenters. The van der Waals surface area contributed by atoms with Gasteiger partial charge in [0.25, 0.3) is 5.91 Å². The van der Waals surface area contributed by atoms with Gasteiger partial charge in [-0.2, -0.15) is 5.10 Å². The van der Waals surface area contributed by atoms with Crippen LogP contribution in [0.15, 0.2) is 84.0 Å². The summed E-state index contributed by atoms with van der Waals surface area (Å²) in [7, 11) is 0. The smallest absolute Gasteiger partial charge is 0.329 e. The molecule has 192 valence electrons. The molecule has 3 amide bonds. The minimum absolute atomic E-state index is 0.186. The average Bonchev–Trinajstić information content (AvgIpc) is 2.93. The predicted molar refractivity (Wildman–Crippen MR) is 141 cm³/mol. The lowest BCUT2D eigenvalue weighted by molar-refractivity contribution is -0.136. The van der Waals surface area contributed by atoms with Crippen molar-refractivity contribution in [2.75, 3.05) is 18.5 Å². The quantitative estimate of drug-likeness (QED) is 0.151. The summed E-state index contributed by atoms with van der Waals surface area (Å²) in [6, 6.07) is 23.2. The van der Waals surface area contributed by atoms with Gasteiger partial charge in [0.15, 0.2) is 6.61 Å². The van der Waals surface area contributed by atoms with Gasteiger partial charge in [0.1, 0.15) is 11.5 Å². The highest BCUT2D eigenvalue weighted by molar-refractivity contribution is 6.39. The second-order valence-electron chi connectivity index (χ2n) is 7.97. The Morgan fingerprint density at radius 1 is 0.865 bits per heavy atom. The predicted octanol–water partition coefficient (Wildman–Crippen LogP) is 3.65. The van der Waals surface area contributed by atoms with Crippen LogP contribution < -0.4 is 25.5 Å². The number of rotatable bonds is 12. The van der Waals surface area contributed by atoms with Crippen LogP contribution in [0.5, 0.6) is 11.5 Å². The van der Waals surface area contributed by atoms with E-state index in [1.807, 2.05) is 30.3 Å². The van der Waals surface area contributed by atoms with Crippen molar-refractivity contribution in [3.05, 3.63) is 90.0 Å². The summed E-state index contributed by atoms with van der Waals surface area (Å²) in [4.78, 5) is 36.4. The average molecular weight is 503 g/mol. The standard InChI is InChI=1S/C28H30N4O5/c1-2-3-17-36-24-15-13-23(14-16-24)31-27(34)28(35)32-30-19-22-11-7-8-12-25(22)37-20-26(33)29-18-21-9-5-4-6-10-21/h4-16,19H,2-3,17-18,20H2,1H3,(H,29,33)(H,31,34)(H,32,35)/b30-19-. The van der Waals surface area contributed by atoms with E-state index in [-0.39, 0.29) is 12.5 Å². The zero-order valence-electron chi connectivity index (χ0n) is 20.6. The number of hydrazone groups is 1. The molecule has 9 heteroatoms. The van der Waals surface area contributed by atoms with Crippen LogP contribution in [-0.4, -0.2) is 37.1 Å². The zero-order chi connectivity index (χ0) is 26.3. The maximum atomic E-state index is 12.2. The first-order valence-electron chi connectivity index (χ1n) is 11.9. The van der Waals surface area contributed by atoms with E-state index in [9.17, 15) is 14.4 Å². The summed E-state index contributed by atoms with van der Waals surface area (Å²) in [5.74, 6) is -0.980. The Hall–Kier alpha value is -4.66. The number of nitrogens with one attached hydrogen (secondary N) is 3. The van der Waals surface area contributed by atoms with Gasteiger partial charge in [-0.05, 0) is 48.4 Å². The van der Waals surface area contributed by atoms with E-state index in [4.69, 9.17) is 9.47 Å². The van der Waals surface area contributed by atoms with Crippen molar-refractivity contribution in [2.24, 2.45) is 5.10 Å². The van der Waals surface area contributed by atoms with Crippen molar-refractivity contribution in [2.45, 2.75) is 26.3 Å². The number of hydrogen-bond acceptors (Lipinski definition) is 6. The molecule has 0 saturated heterocycles. The maximum Gasteiger partial charge on any atom is 0.329 e. The third-order valence-electron chi connectivity index (χ3n) is 5.07. The maximum absolute atomic E-state index is 12.2. The first kappa shape index (κ1) is 26.9. The van der Waals surface area contributed by atoms with Gasteiger partial charge >= 0.3 is 11.8 Å². The van der Waals surface area contributed by atoms with E-state index >= 15 is 0 Å². The van der Waals surface area contributed by atoms with Gasteiger partial charge in [0.05, 0.1) is 12.8 Å². The number of para-hydroxylation sites is 1. The highest BCUT2D eigenvalue weighted by Gasteiger charge is 2.13. The molecule has 9 nitrogen and oxygen atoms in total. The van der Waals surface area contributed by atoms with E-state index in [1.54, 1.807) is 48.5 Å². The van der Waals surface area contributed by atoms with E-state index in [0.29, 0.717) is 35.9 Å². The van der Waals surface area contributed by atoms with Gasteiger partial charge in [0, 0.05) is 17.8 Å². The molecule has 0 aromatic heterocycles. The first-order chi connectivity index (χ1) is 18.0. The molecule has 0 saturated carbocycles. The molecule has 0 fully saturated rings. The summed E-state index contributed by atoms with van der Waals surface area (Å²) in [5, 5.41) is 9.13. The molecular weight excluding hydrogens is 472 g/mol. The Kier molecular flexibility index (Phi) is 10.7. The number of ether oxygens (including phenoxy) is 2. The van der Waals surface area contributed by atoms with Crippen molar-refractivity contribution in [3.63, 3.8) is 0 Å². The minimum Gasteiger partial charge on any atom is -0.494 e. The summed E-state index contributed by atoms with van der Waals surface area (Å²) >= 11 is 0. The fraction of sp³-hybridized carbons (Fsp3) is 0.214. The molecule has 0 atom stereocenters. The number of nitrogens with zero attached hydrogens (tertiary/aromatic N) is 1. The largest absolute Gasteiger partial charge is 0.494 e. The number of benzene rings is 3. The Bertz CT molecular complexity index is 1200. The summed E-state index contributed by atoms with van der Waals surface area (Å²) in [5.41, 5.74) is 4.15. The van der Waals surface area contributed by atoms with Gasteiger partial charge in [-0.3, -0.25) is 14.4 Å². The van der Waals surface area contributed by atoms with Crippen LogP contribution in [0.1, 0.15) is 30.9 Å². The van der Waals surface area contributed by atoms with Crippen LogP contribution in [0.4, 0.5) is 5.69 Å². The number of anilines is 1. The fourth-order valence-corrected chi connectivity index (χ4v) is 3.08. The summed E-state index contributed by atoms with van der Waals surface area (Å²) < 4.78 is 11.2. The van der Waals surface area contributed by atoms with E-state index in [0.717, 1.165) is 18.4 Å². The molecule has 3 aromatic carbocycles. The molecule has 0 radical (unpaired) electrons. The molecule has 3 aromatic rings. The second kappa shape index (κ2) is 14.7. The van der Waals surface area contributed by atoms with Crippen LogP contribution in [0, 0.1) is 0 Å². The van der Waals surface area contributed by atoms with Crippen LogP contribution in [-0.2, 0) is 20.9 Å². The van der Waals surface area contributed by atoms with Crippen molar-refractivity contribution in [1.82, 2.24) is 10.7 Å². The lowest BCUT2D eigenvalue weighted by Gasteiger charge is -2.09. The molecule has 0 aliphatic heterocycles. The van der Waals surface area contributed by atoms with Gasteiger partial charge in [-0.15, -0.1) is 0 Å². The topological polar surface area (TPSA) is 118 Å². The Balaban J connectivity index is 1.45. The van der Waals surface area contributed by atoms with Crippen LogP contribution in [0.2, 0.25) is 0 Å². The number of unbranched alkanes of at least 4 members (excludes halogenated alkanes) is 1. The van der Waals surface area contributed by atoms with Crippen LogP contribution in [0.25, 0.3) is 0 Å². The number of hydrogen-bond donors (Lipinski definition) is 3.